The summed E-state index contributed by atoms with van der Waals surface area (Å²) in [5.74, 6) is -0.312. The molecule has 0 saturated carbocycles. The largest absolute Gasteiger partial charge is 0.496 e. The SMILES string of the molecule is COc1cc(C(=O)N2CCCC2CC(=O)O)ccc1C. The lowest BCUT2D eigenvalue weighted by Crippen LogP contribution is -2.36. The van der Waals surface area contributed by atoms with Gasteiger partial charge in [-0.3, -0.25) is 9.59 Å². The fourth-order valence-electron chi connectivity index (χ4n) is 2.64. The van der Waals surface area contributed by atoms with E-state index in [2.05, 4.69) is 0 Å². The number of aryl methyl sites for hydroxylation is 1. The predicted octanol–water partition coefficient (Wildman–Crippen LogP) is 2.08. The molecule has 1 fully saturated rings. The second kappa shape index (κ2) is 5.94. The molecule has 20 heavy (non-hydrogen) atoms. The lowest BCUT2D eigenvalue weighted by Gasteiger charge is -2.23. The van der Waals surface area contributed by atoms with E-state index in [9.17, 15) is 9.59 Å². The van der Waals surface area contributed by atoms with Crippen molar-refractivity contribution in [3.63, 3.8) is 0 Å². The smallest absolute Gasteiger partial charge is 0.305 e. The summed E-state index contributed by atoms with van der Waals surface area (Å²) in [7, 11) is 1.57. The summed E-state index contributed by atoms with van der Waals surface area (Å²) < 4.78 is 5.22. The number of aliphatic carboxylic acids is 1. The monoisotopic (exact) mass is 277 g/mol. The first-order valence-corrected chi connectivity index (χ1v) is 6.70. The predicted molar refractivity (Wildman–Crippen MR) is 74.0 cm³/mol. The second-order valence-corrected chi connectivity index (χ2v) is 5.08. The van der Waals surface area contributed by atoms with Crippen LogP contribution < -0.4 is 4.74 Å². The number of ether oxygens (including phenoxy) is 1. The van der Waals surface area contributed by atoms with E-state index >= 15 is 0 Å². The number of carboxylic acids is 1. The molecule has 1 heterocycles. The van der Waals surface area contributed by atoms with Crippen molar-refractivity contribution in [3.8, 4) is 5.75 Å². The highest BCUT2D eigenvalue weighted by atomic mass is 16.5. The van der Waals surface area contributed by atoms with Crippen LogP contribution in [-0.4, -0.2) is 41.6 Å². The summed E-state index contributed by atoms with van der Waals surface area (Å²) in [6.45, 7) is 2.53. The van der Waals surface area contributed by atoms with Crippen LogP contribution in [0.1, 0.15) is 35.2 Å². The average molecular weight is 277 g/mol. The maximum absolute atomic E-state index is 12.5. The molecule has 1 unspecified atom stereocenters. The van der Waals surface area contributed by atoms with E-state index in [0.717, 1.165) is 18.4 Å². The lowest BCUT2D eigenvalue weighted by molar-refractivity contribution is -0.137. The van der Waals surface area contributed by atoms with Gasteiger partial charge in [0.25, 0.3) is 5.91 Å². The van der Waals surface area contributed by atoms with Crippen LogP contribution in [0.4, 0.5) is 0 Å². The Morgan fingerprint density at radius 3 is 2.85 bits per heavy atom. The summed E-state index contributed by atoms with van der Waals surface area (Å²) in [5, 5.41) is 8.90. The third-order valence-corrected chi connectivity index (χ3v) is 3.70. The molecular weight excluding hydrogens is 258 g/mol. The molecule has 0 aliphatic carbocycles. The van der Waals surface area contributed by atoms with Gasteiger partial charge in [0, 0.05) is 18.2 Å². The Bertz CT molecular complexity index is 527. The number of carbonyl (C=O) groups is 2. The summed E-state index contributed by atoms with van der Waals surface area (Å²) >= 11 is 0. The number of hydrogen-bond acceptors (Lipinski definition) is 3. The number of likely N-dealkylation sites (tertiary alicyclic amines) is 1. The van der Waals surface area contributed by atoms with Crippen molar-refractivity contribution in [2.24, 2.45) is 0 Å². The van der Waals surface area contributed by atoms with Crippen molar-refractivity contribution in [1.29, 1.82) is 0 Å². The molecule has 1 aliphatic rings. The highest BCUT2D eigenvalue weighted by Crippen LogP contribution is 2.25. The van der Waals surface area contributed by atoms with E-state index < -0.39 is 5.97 Å². The Kier molecular flexibility index (Phi) is 4.27. The van der Waals surface area contributed by atoms with Gasteiger partial charge in [-0.1, -0.05) is 6.07 Å². The molecule has 1 saturated heterocycles. The van der Waals surface area contributed by atoms with E-state index in [-0.39, 0.29) is 18.4 Å². The van der Waals surface area contributed by atoms with E-state index in [1.54, 1.807) is 24.1 Å². The van der Waals surface area contributed by atoms with Crippen molar-refractivity contribution < 1.29 is 19.4 Å². The Morgan fingerprint density at radius 2 is 2.20 bits per heavy atom. The van der Waals surface area contributed by atoms with Gasteiger partial charge in [-0.2, -0.15) is 0 Å². The standard InChI is InChI=1S/C15H19NO4/c1-10-5-6-11(8-13(10)20-2)15(19)16-7-3-4-12(16)9-14(17)18/h5-6,8,12H,3-4,7,9H2,1-2H3,(H,17,18). The molecule has 1 aromatic carbocycles. The topological polar surface area (TPSA) is 66.8 Å². The maximum atomic E-state index is 12.5. The van der Waals surface area contributed by atoms with E-state index in [1.807, 2.05) is 13.0 Å². The molecule has 108 valence electrons. The lowest BCUT2D eigenvalue weighted by atomic mass is 10.1. The van der Waals surface area contributed by atoms with Crippen molar-refractivity contribution in [1.82, 2.24) is 4.90 Å². The first kappa shape index (κ1) is 14.4. The number of benzene rings is 1. The normalized spacial score (nSPS) is 18.1. The van der Waals surface area contributed by atoms with Crippen LogP contribution in [0.3, 0.4) is 0 Å². The Labute approximate surface area is 118 Å². The van der Waals surface area contributed by atoms with Crippen LogP contribution >= 0.6 is 0 Å². The summed E-state index contributed by atoms with van der Waals surface area (Å²) in [5.41, 5.74) is 1.51. The van der Waals surface area contributed by atoms with E-state index in [1.165, 1.54) is 0 Å². The van der Waals surface area contributed by atoms with Gasteiger partial charge in [-0.25, -0.2) is 0 Å². The molecule has 0 spiro atoms. The first-order valence-electron chi connectivity index (χ1n) is 6.70. The third kappa shape index (κ3) is 2.92. The van der Waals surface area contributed by atoms with Gasteiger partial charge >= 0.3 is 5.97 Å². The molecule has 5 nitrogen and oxygen atoms in total. The Balaban J connectivity index is 2.20. The van der Waals surface area contributed by atoms with Gasteiger partial charge in [0.05, 0.1) is 13.5 Å². The summed E-state index contributed by atoms with van der Waals surface area (Å²) in [6.07, 6.45) is 1.61. The van der Waals surface area contributed by atoms with Crippen LogP contribution in [0.25, 0.3) is 0 Å². The highest BCUT2D eigenvalue weighted by molar-refractivity contribution is 5.95. The maximum Gasteiger partial charge on any atom is 0.305 e. The van der Waals surface area contributed by atoms with Gasteiger partial charge < -0.3 is 14.7 Å². The van der Waals surface area contributed by atoms with Crippen LogP contribution in [0.5, 0.6) is 5.75 Å². The van der Waals surface area contributed by atoms with E-state index in [4.69, 9.17) is 9.84 Å². The Hall–Kier alpha value is -2.04. The number of rotatable bonds is 4. The average Bonchev–Trinajstić information content (AvgIpc) is 2.85. The molecule has 1 atom stereocenters. The zero-order valence-corrected chi connectivity index (χ0v) is 11.8. The molecule has 0 radical (unpaired) electrons. The number of hydrogen-bond donors (Lipinski definition) is 1. The van der Waals surface area contributed by atoms with Crippen molar-refractivity contribution in [2.75, 3.05) is 13.7 Å². The molecular formula is C15H19NO4. The van der Waals surface area contributed by atoms with Crippen LogP contribution in [-0.2, 0) is 4.79 Å². The van der Waals surface area contributed by atoms with E-state index in [0.29, 0.717) is 17.9 Å². The van der Waals surface area contributed by atoms with Crippen molar-refractivity contribution in [3.05, 3.63) is 29.3 Å². The first-order chi connectivity index (χ1) is 9.52. The Morgan fingerprint density at radius 1 is 1.45 bits per heavy atom. The number of amides is 1. The number of carbonyl (C=O) groups excluding carboxylic acids is 1. The number of carboxylic acid groups (broad SMARTS) is 1. The van der Waals surface area contributed by atoms with Gasteiger partial charge in [0.1, 0.15) is 5.75 Å². The quantitative estimate of drug-likeness (QED) is 0.915. The molecule has 0 aromatic heterocycles. The molecule has 2 rings (SSSR count). The molecule has 1 amide bonds. The molecule has 0 bridgehead atoms. The van der Waals surface area contributed by atoms with Gasteiger partial charge in [0.2, 0.25) is 0 Å². The minimum Gasteiger partial charge on any atom is -0.496 e. The summed E-state index contributed by atoms with van der Waals surface area (Å²) in [6, 6.07) is 5.12. The minimum absolute atomic E-state index is 0.00867. The minimum atomic E-state index is -0.865. The van der Waals surface area contributed by atoms with Crippen LogP contribution in [0.2, 0.25) is 0 Å². The molecule has 5 heteroatoms. The molecule has 1 aromatic rings. The number of nitrogens with zero attached hydrogens (tertiary/aromatic N) is 1. The second-order valence-electron chi connectivity index (χ2n) is 5.08. The zero-order valence-electron chi connectivity index (χ0n) is 11.8. The molecule has 1 N–H and O–H groups in total. The number of methoxy groups -OCH3 is 1. The third-order valence-electron chi connectivity index (χ3n) is 3.70. The zero-order chi connectivity index (χ0) is 14.7. The van der Waals surface area contributed by atoms with Crippen LogP contribution in [0, 0.1) is 6.92 Å². The fourth-order valence-corrected chi connectivity index (χ4v) is 2.64. The fraction of sp³-hybridized carbons (Fsp3) is 0.467. The summed E-state index contributed by atoms with van der Waals surface area (Å²) in [4.78, 5) is 25.0. The van der Waals surface area contributed by atoms with Gasteiger partial charge in [-0.15, -0.1) is 0 Å². The van der Waals surface area contributed by atoms with Gasteiger partial charge in [0.15, 0.2) is 0 Å². The van der Waals surface area contributed by atoms with Crippen molar-refractivity contribution >= 4 is 11.9 Å². The van der Waals surface area contributed by atoms with Crippen molar-refractivity contribution in [2.45, 2.75) is 32.2 Å². The highest BCUT2D eigenvalue weighted by Gasteiger charge is 2.31. The van der Waals surface area contributed by atoms with Crippen LogP contribution in [0.15, 0.2) is 18.2 Å². The van der Waals surface area contributed by atoms with Gasteiger partial charge in [-0.05, 0) is 37.5 Å². The molecule has 1 aliphatic heterocycles.